The van der Waals surface area contributed by atoms with Gasteiger partial charge in [-0.25, -0.2) is 0 Å². The van der Waals surface area contributed by atoms with Crippen LogP contribution in [0, 0.1) is 5.92 Å². The molecule has 1 rings (SSSR count). The predicted octanol–water partition coefficient (Wildman–Crippen LogP) is 1.86. The molecule has 1 unspecified atom stereocenters. The van der Waals surface area contributed by atoms with Crippen LogP contribution in [-0.4, -0.2) is 28.0 Å². The van der Waals surface area contributed by atoms with Crippen LogP contribution in [-0.2, 0) is 4.79 Å². The number of carbonyl (C=O) groups is 1. The number of Topliss-reactive ketones (excluding diaryl/α,β-unsaturated/α-hetero) is 1. The van der Waals surface area contributed by atoms with Crippen molar-refractivity contribution < 1.29 is 9.90 Å². The topological polar surface area (TPSA) is 37.3 Å². The number of aliphatic hydroxyl groups is 1. The van der Waals surface area contributed by atoms with Crippen LogP contribution < -0.4 is 0 Å². The second-order valence-electron chi connectivity index (χ2n) is 3.81. The zero-order chi connectivity index (χ0) is 9.90. The van der Waals surface area contributed by atoms with Crippen molar-refractivity contribution >= 4 is 17.5 Å². The first-order valence-corrected chi connectivity index (χ1v) is 6.09. The average molecular weight is 202 g/mol. The molecule has 0 spiro atoms. The lowest BCUT2D eigenvalue weighted by Crippen LogP contribution is -2.32. The summed E-state index contributed by atoms with van der Waals surface area (Å²) in [5.41, 5.74) is -0.606. The van der Waals surface area contributed by atoms with Gasteiger partial charge in [-0.3, -0.25) is 4.79 Å². The molecular formula is C10H18O2S. The third-order valence-corrected chi connectivity index (χ3v) is 4.09. The number of carbonyl (C=O) groups excluding carboxylic acids is 1. The Morgan fingerprint density at radius 2 is 2.15 bits per heavy atom. The lowest BCUT2D eigenvalue weighted by Gasteiger charge is -2.27. The molecular weight excluding hydrogens is 184 g/mol. The molecule has 0 bridgehead atoms. The summed E-state index contributed by atoms with van der Waals surface area (Å²) in [6.07, 6.45) is 2.15. The SMILES string of the molecule is CCC(O)(CC)CC1CSCC1=O. The van der Waals surface area contributed by atoms with Gasteiger partial charge >= 0.3 is 0 Å². The van der Waals surface area contributed by atoms with Crippen LogP contribution in [0.4, 0.5) is 0 Å². The van der Waals surface area contributed by atoms with Gasteiger partial charge in [-0.05, 0) is 19.3 Å². The van der Waals surface area contributed by atoms with Crippen molar-refractivity contribution in [3.8, 4) is 0 Å². The highest BCUT2D eigenvalue weighted by Crippen LogP contribution is 2.31. The normalized spacial score (nSPS) is 23.9. The van der Waals surface area contributed by atoms with E-state index in [4.69, 9.17) is 0 Å². The molecule has 0 aromatic carbocycles. The smallest absolute Gasteiger partial charge is 0.146 e. The minimum absolute atomic E-state index is 0.106. The van der Waals surface area contributed by atoms with E-state index in [1.54, 1.807) is 11.8 Å². The lowest BCUT2D eigenvalue weighted by molar-refractivity contribution is -0.121. The first-order valence-electron chi connectivity index (χ1n) is 4.94. The van der Waals surface area contributed by atoms with Gasteiger partial charge in [-0.2, -0.15) is 11.8 Å². The number of hydrogen-bond acceptors (Lipinski definition) is 3. The third-order valence-electron chi connectivity index (χ3n) is 2.96. The fourth-order valence-electron chi connectivity index (χ4n) is 1.68. The zero-order valence-electron chi connectivity index (χ0n) is 8.38. The van der Waals surface area contributed by atoms with Crippen molar-refractivity contribution in [2.45, 2.75) is 38.7 Å². The summed E-state index contributed by atoms with van der Waals surface area (Å²) < 4.78 is 0. The van der Waals surface area contributed by atoms with E-state index < -0.39 is 5.60 Å². The molecule has 0 radical (unpaired) electrons. The van der Waals surface area contributed by atoms with E-state index in [-0.39, 0.29) is 5.92 Å². The van der Waals surface area contributed by atoms with E-state index in [0.717, 1.165) is 18.6 Å². The van der Waals surface area contributed by atoms with Gasteiger partial charge in [0.15, 0.2) is 0 Å². The second kappa shape index (κ2) is 4.47. The molecule has 0 aromatic heterocycles. The summed E-state index contributed by atoms with van der Waals surface area (Å²) in [4.78, 5) is 11.4. The van der Waals surface area contributed by atoms with Crippen LogP contribution in [0.25, 0.3) is 0 Å². The molecule has 1 heterocycles. The molecule has 3 heteroatoms. The largest absolute Gasteiger partial charge is 0.390 e. The number of thioether (sulfide) groups is 1. The van der Waals surface area contributed by atoms with Gasteiger partial charge in [-0.15, -0.1) is 0 Å². The predicted molar refractivity (Wildman–Crippen MR) is 56.0 cm³/mol. The molecule has 2 nitrogen and oxygen atoms in total. The fraction of sp³-hybridized carbons (Fsp3) is 0.900. The Morgan fingerprint density at radius 1 is 1.54 bits per heavy atom. The first-order chi connectivity index (χ1) is 6.11. The standard InChI is InChI=1S/C10H18O2S/c1-3-10(12,4-2)5-8-6-13-7-9(8)11/h8,12H,3-7H2,1-2H3. The summed E-state index contributed by atoms with van der Waals surface area (Å²) in [6, 6.07) is 0. The molecule has 0 aromatic rings. The fourth-order valence-corrected chi connectivity index (χ4v) is 2.83. The Kier molecular flexibility index (Phi) is 3.80. The van der Waals surface area contributed by atoms with Crippen molar-refractivity contribution in [3.63, 3.8) is 0 Å². The van der Waals surface area contributed by atoms with Crippen molar-refractivity contribution in [1.29, 1.82) is 0 Å². The van der Waals surface area contributed by atoms with E-state index in [2.05, 4.69) is 0 Å². The quantitative estimate of drug-likeness (QED) is 0.756. The van der Waals surface area contributed by atoms with Gasteiger partial charge in [0.1, 0.15) is 5.78 Å². The maximum absolute atomic E-state index is 11.4. The summed E-state index contributed by atoms with van der Waals surface area (Å²) in [5.74, 6) is 1.98. The molecule has 0 saturated carbocycles. The summed E-state index contributed by atoms with van der Waals surface area (Å²) in [7, 11) is 0. The number of ketones is 1. The highest BCUT2D eigenvalue weighted by atomic mass is 32.2. The third kappa shape index (κ3) is 2.71. The lowest BCUT2D eigenvalue weighted by atomic mass is 9.85. The number of rotatable bonds is 4. The van der Waals surface area contributed by atoms with Crippen molar-refractivity contribution in [3.05, 3.63) is 0 Å². The first kappa shape index (κ1) is 11.1. The molecule has 1 N–H and O–H groups in total. The second-order valence-corrected chi connectivity index (χ2v) is 4.84. The number of hydrogen-bond donors (Lipinski definition) is 1. The average Bonchev–Trinajstić information content (AvgIpc) is 2.52. The van der Waals surface area contributed by atoms with Gasteiger partial charge in [0.05, 0.1) is 11.4 Å². The molecule has 1 saturated heterocycles. The minimum atomic E-state index is -0.606. The maximum Gasteiger partial charge on any atom is 0.146 e. The molecule has 1 atom stereocenters. The summed E-state index contributed by atoms with van der Waals surface area (Å²) in [6.45, 7) is 3.96. The monoisotopic (exact) mass is 202 g/mol. The molecule has 1 aliphatic rings. The van der Waals surface area contributed by atoms with Gasteiger partial charge in [0.2, 0.25) is 0 Å². The van der Waals surface area contributed by atoms with Crippen molar-refractivity contribution in [2.24, 2.45) is 5.92 Å². The zero-order valence-corrected chi connectivity index (χ0v) is 9.19. The van der Waals surface area contributed by atoms with Crippen LogP contribution in [0.1, 0.15) is 33.1 Å². The van der Waals surface area contributed by atoms with Gasteiger partial charge < -0.3 is 5.11 Å². The van der Waals surface area contributed by atoms with Crippen molar-refractivity contribution in [1.82, 2.24) is 0 Å². The minimum Gasteiger partial charge on any atom is -0.390 e. The summed E-state index contributed by atoms with van der Waals surface area (Å²) >= 11 is 1.69. The van der Waals surface area contributed by atoms with E-state index in [9.17, 15) is 9.90 Å². The van der Waals surface area contributed by atoms with E-state index in [0.29, 0.717) is 18.0 Å². The Labute approximate surface area is 84.1 Å². The summed E-state index contributed by atoms with van der Waals surface area (Å²) in [5, 5.41) is 10.0. The van der Waals surface area contributed by atoms with E-state index in [1.807, 2.05) is 13.8 Å². The Morgan fingerprint density at radius 3 is 2.54 bits per heavy atom. The molecule has 0 amide bonds. The Hall–Kier alpha value is -0.0200. The van der Waals surface area contributed by atoms with Gasteiger partial charge in [-0.1, -0.05) is 13.8 Å². The molecule has 76 valence electrons. The molecule has 1 fully saturated rings. The highest BCUT2D eigenvalue weighted by Gasteiger charge is 2.33. The van der Waals surface area contributed by atoms with E-state index >= 15 is 0 Å². The van der Waals surface area contributed by atoms with E-state index in [1.165, 1.54) is 0 Å². The van der Waals surface area contributed by atoms with Crippen LogP contribution in [0.15, 0.2) is 0 Å². The van der Waals surface area contributed by atoms with Crippen LogP contribution in [0.5, 0.6) is 0 Å². The molecule has 0 aliphatic carbocycles. The molecule has 13 heavy (non-hydrogen) atoms. The van der Waals surface area contributed by atoms with Crippen molar-refractivity contribution in [2.75, 3.05) is 11.5 Å². The van der Waals surface area contributed by atoms with Crippen LogP contribution >= 0.6 is 11.8 Å². The van der Waals surface area contributed by atoms with Crippen LogP contribution in [0.3, 0.4) is 0 Å². The van der Waals surface area contributed by atoms with Gasteiger partial charge in [0.25, 0.3) is 0 Å². The molecule has 1 aliphatic heterocycles. The maximum atomic E-state index is 11.4. The Bertz CT molecular complexity index is 187. The Balaban J connectivity index is 2.50. The highest BCUT2D eigenvalue weighted by molar-refractivity contribution is 8.00. The van der Waals surface area contributed by atoms with Crippen LogP contribution in [0.2, 0.25) is 0 Å². The van der Waals surface area contributed by atoms with Gasteiger partial charge in [0, 0.05) is 11.7 Å².